The van der Waals surface area contributed by atoms with Crippen LogP contribution in [-0.2, 0) is 0 Å². The summed E-state index contributed by atoms with van der Waals surface area (Å²) in [5.74, 6) is 0.306. The summed E-state index contributed by atoms with van der Waals surface area (Å²) in [4.78, 5) is 16.5. The van der Waals surface area contributed by atoms with Crippen LogP contribution in [0.4, 0.5) is 11.5 Å². The number of carbonyl (C=O) groups is 1. The number of anilines is 2. The van der Waals surface area contributed by atoms with E-state index in [9.17, 15) is 4.79 Å². The Morgan fingerprint density at radius 1 is 1.20 bits per heavy atom. The smallest absolute Gasteiger partial charge is 0.259 e. The Hall–Kier alpha value is -0.920. The highest BCUT2D eigenvalue weighted by atomic mass is 79.9. The molecule has 7 heteroatoms. The fourth-order valence-electron chi connectivity index (χ4n) is 1.63. The van der Waals surface area contributed by atoms with E-state index in [1.54, 1.807) is 25.4 Å². The van der Waals surface area contributed by atoms with Gasteiger partial charge in [-0.05, 0) is 56.1 Å². The zero-order chi connectivity index (χ0) is 14.7. The van der Waals surface area contributed by atoms with Crippen molar-refractivity contribution < 1.29 is 4.79 Å². The Balaban J connectivity index is 2.33. The van der Waals surface area contributed by atoms with Crippen molar-refractivity contribution in [2.75, 3.05) is 17.7 Å². The molecule has 2 N–H and O–H groups in total. The molecule has 0 aliphatic rings. The monoisotopic (exact) mass is 461 g/mol. The molecule has 0 aliphatic heterocycles. The van der Waals surface area contributed by atoms with E-state index < -0.39 is 0 Å². The van der Waals surface area contributed by atoms with Crippen LogP contribution in [0.15, 0.2) is 43.9 Å². The van der Waals surface area contributed by atoms with Crippen molar-refractivity contribution in [2.24, 2.45) is 0 Å². The normalized spacial score (nSPS) is 10.2. The topological polar surface area (TPSA) is 54.0 Å². The lowest BCUT2D eigenvalue weighted by Gasteiger charge is -2.12. The van der Waals surface area contributed by atoms with Gasteiger partial charge >= 0.3 is 0 Å². The number of carbonyl (C=O) groups excluding carboxylic acids is 1. The molecule has 0 atom stereocenters. The van der Waals surface area contributed by atoms with Gasteiger partial charge in [0.1, 0.15) is 5.82 Å². The third kappa shape index (κ3) is 3.39. The van der Waals surface area contributed by atoms with Gasteiger partial charge in [-0.1, -0.05) is 15.9 Å². The lowest BCUT2D eigenvalue weighted by Crippen LogP contribution is -2.15. The summed E-state index contributed by atoms with van der Waals surface area (Å²) < 4.78 is 2.47. The van der Waals surface area contributed by atoms with Crippen LogP contribution in [0.3, 0.4) is 0 Å². The molecule has 0 bridgehead atoms. The Bertz CT molecular complexity index is 638. The minimum absolute atomic E-state index is 0.230. The highest BCUT2D eigenvalue weighted by Gasteiger charge is 2.15. The van der Waals surface area contributed by atoms with Crippen LogP contribution in [0.1, 0.15) is 10.4 Å². The van der Waals surface area contributed by atoms with Crippen molar-refractivity contribution >= 4 is 65.2 Å². The molecule has 0 fully saturated rings. The zero-order valence-electron chi connectivity index (χ0n) is 10.4. The van der Waals surface area contributed by atoms with E-state index in [4.69, 9.17) is 0 Å². The highest BCUT2D eigenvalue weighted by Crippen LogP contribution is 2.34. The molecule has 104 valence electrons. The second-order valence-corrected chi connectivity index (χ2v) is 6.47. The van der Waals surface area contributed by atoms with Crippen LogP contribution < -0.4 is 10.6 Å². The van der Waals surface area contributed by atoms with Crippen LogP contribution in [0, 0.1) is 0 Å². The van der Waals surface area contributed by atoms with Crippen molar-refractivity contribution in [3.63, 3.8) is 0 Å². The van der Waals surface area contributed by atoms with E-state index >= 15 is 0 Å². The first-order valence-corrected chi connectivity index (χ1v) is 7.99. The van der Waals surface area contributed by atoms with E-state index in [0.717, 1.165) is 13.4 Å². The largest absolute Gasteiger partial charge is 0.372 e. The Kier molecular flexibility index (Phi) is 5.17. The molecular weight excluding hydrogens is 454 g/mol. The number of hydrogen-bond donors (Lipinski definition) is 2. The molecule has 20 heavy (non-hydrogen) atoms. The number of pyridine rings is 1. The van der Waals surface area contributed by atoms with Gasteiger partial charge in [0, 0.05) is 26.7 Å². The van der Waals surface area contributed by atoms with Crippen molar-refractivity contribution in [2.45, 2.75) is 0 Å². The summed E-state index contributed by atoms with van der Waals surface area (Å²) >= 11 is 10.2. The fraction of sp³-hybridized carbons (Fsp3) is 0.0769. The van der Waals surface area contributed by atoms with E-state index in [2.05, 4.69) is 63.4 Å². The summed E-state index contributed by atoms with van der Waals surface area (Å²) in [6, 6.07) is 7.17. The molecule has 1 heterocycles. The summed E-state index contributed by atoms with van der Waals surface area (Å²) in [6.07, 6.45) is 1.63. The number of halogens is 3. The second-order valence-electron chi connectivity index (χ2n) is 3.85. The van der Waals surface area contributed by atoms with Gasteiger partial charge in [-0.3, -0.25) is 4.79 Å². The molecular formula is C13H10Br3N3O. The van der Waals surface area contributed by atoms with Crippen molar-refractivity contribution in [1.29, 1.82) is 0 Å². The zero-order valence-corrected chi connectivity index (χ0v) is 15.1. The number of nitrogens with one attached hydrogen (secondary N) is 2. The fourth-order valence-corrected chi connectivity index (χ4v) is 4.09. The van der Waals surface area contributed by atoms with Gasteiger partial charge in [0.2, 0.25) is 0 Å². The van der Waals surface area contributed by atoms with Gasteiger partial charge in [-0.25, -0.2) is 4.98 Å². The number of aromatic nitrogens is 1. The second kappa shape index (κ2) is 6.69. The summed E-state index contributed by atoms with van der Waals surface area (Å²) in [6.45, 7) is 0. The first-order chi connectivity index (χ1) is 9.52. The molecule has 4 nitrogen and oxygen atoms in total. The summed E-state index contributed by atoms with van der Waals surface area (Å²) in [7, 11) is 1.73. The first kappa shape index (κ1) is 15.5. The van der Waals surface area contributed by atoms with Gasteiger partial charge < -0.3 is 10.6 Å². The van der Waals surface area contributed by atoms with E-state index in [-0.39, 0.29) is 5.91 Å². The van der Waals surface area contributed by atoms with Crippen LogP contribution in [0.2, 0.25) is 0 Å². The number of hydrogen-bond acceptors (Lipinski definition) is 3. The van der Waals surface area contributed by atoms with Crippen LogP contribution >= 0.6 is 47.8 Å². The predicted octanol–water partition coefficient (Wildman–Crippen LogP) is 4.66. The van der Waals surface area contributed by atoms with Crippen LogP contribution in [-0.4, -0.2) is 17.9 Å². The van der Waals surface area contributed by atoms with E-state index in [1.165, 1.54) is 0 Å². The van der Waals surface area contributed by atoms with E-state index in [0.29, 0.717) is 17.1 Å². The SMILES string of the molecule is CNc1ncccc1C(=O)Nc1c(Br)cc(Br)cc1Br. The van der Waals surface area contributed by atoms with Gasteiger partial charge in [0.05, 0.1) is 11.3 Å². The Morgan fingerprint density at radius 2 is 1.85 bits per heavy atom. The maximum atomic E-state index is 12.3. The summed E-state index contributed by atoms with van der Waals surface area (Å²) in [5, 5.41) is 5.76. The molecule has 0 unspecified atom stereocenters. The van der Waals surface area contributed by atoms with Gasteiger partial charge in [0.15, 0.2) is 0 Å². The number of rotatable bonds is 3. The maximum Gasteiger partial charge on any atom is 0.259 e. The standard InChI is InChI=1S/C13H10Br3N3O/c1-17-12-8(3-2-4-18-12)13(20)19-11-9(15)5-7(14)6-10(11)16/h2-6H,1H3,(H,17,18)(H,19,20). The minimum atomic E-state index is -0.230. The molecule has 1 amide bonds. The molecule has 0 saturated heterocycles. The highest BCUT2D eigenvalue weighted by molar-refractivity contribution is 9.11. The molecule has 0 radical (unpaired) electrons. The lowest BCUT2D eigenvalue weighted by molar-refractivity contribution is 0.102. The molecule has 1 aromatic heterocycles. The number of nitrogens with zero attached hydrogens (tertiary/aromatic N) is 1. The number of amides is 1. The van der Waals surface area contributed by atoms with Gasteiger partial charge in [-0.15, -0.1) is 0 Å². The van der Waals surface area contributed by atoms with Crippen molar-refractivity contribution in [3.8, 4) is 0 Å². The van der Waals surface area contributed by atoms with Crippen LogP contribution in [0.5, 0.6) is 0 Å². The third-order valence-electron chi connectivity index (χ3n) is 2.53. The van der Waals surface area contributed by atoms with Gasteiger partial charge in [-0.2, -0.15) is 0 Å². The summed E-state index contributed by atoms with van der Waals surface area (Å²) in [5.41, 5.74) is 1.15. The van der Waals surface area contributed by atoms with E-state index in [1.807, 2.05) is 12.1 Å². The molecule has 1 aromatic carbocycles. The average Bonchev–Trinajstić information content (AvgIpc) is 2.42. The minimum Gasteiger partial charge on any atom is -0.372 e. The van der Waals surface area contributed by atoms with Gasteiger partial charge in [0.25, 0.3) is 5.91 Å². The molecule has 0 saturated carbocycles. The Morgan fingerprint density at radius 3 is 2.45 bits per heavy atom. The van der Waals surface area contributed by atoms with Crippen molar-refractivity contribution in [1.82, 2.24) is 4.98 Å². The lowest BCUT2D eigenvalue weighted by atomic mass is 10.2. The molecule has 2 rings (SSSR count). The molecule has 0 aliphatic carbocycles. The predicted molar refractivity (Wildman–Crippen MR) is 91.3 cm³/mol. The quantitative estimate of drug-likeness (QED) is 0.696. The number of benzene rings is 1. The van der Waals surface area contributed by atoms with Crippen LogP contribution in [0.25, 0.3) is 0 Å². The molecule has 2 aromatic rings. The molecule has 0 spiro atoms. The first-order valence-electron chi connectivity index (χ1n) is 5.61. The maximum absolute atomic E-state index is 12.3. The Labute approximate surface area is 141 Å². The third-order valence-corrected chi connectivity index (χ3v) is 4.24. The average molecular weight is 464 g/mol. The van der Waals surface area contributed by atoms with Crippen molar-refractivity contribution in [3.05, 3.63) is 49.4 Å².